The van der Waals surface area contributed by atoms with E-state index in [1.54, 1.807) is 44.2 Å². The van der Waals surface area contributed by atoms with Crippen LogP contribution in [0.15, 0.2) is 30.9 Å². The van der Waals surface area contributed by atoms with E-state index in [-0.39, 0.29) is 17.9 Å². The Morgan fingerprint density at radius 2 is 1.84 bits per heavy atom. The average molecular weight is 528 g/mol. The summed E-state index contributed by atoms with van der Waals surface area (Å²) in [6.45, 7) is 3.57. The molecule has 0 spiro atoms. The van der Waals surface area contributed by atoms with Crippen LogP contribution in [0.1, 0.15) is 51.3 Å². The van der Waals surface area contributed by atoms with E-state index in [0.717, 1.165) is 27.3 Å². The van der Waals surface area contributed by atoms with Crippen molar-refractivity contribution < 1.29 is 17.9 Å². The molecular formula is C25H28F3N9O. The monoisotopic (exact) mass is 527 g/mol. The van der Waals surface area contributed by atoms with Gasteiger partial charge in [0.1, 0.15) is 17.1 Å². The van der Waals surface area contributed by atoms with Gasteiger partial charge in [0.25, 0.3) is 0 Å². The van der Waals surface area contributed by atoms with Gasteiger partial charge in [-0.1, -0.05) is 0 Å². The molecule has 0 bridgehead atoms. The third kappa shape index (κ3) is 4.55. The standard InChI is InChI=1S/C25H28F3N9O/c1-24(2,14-29)36-13-15(10-33-36)22-18-11-31-21(30-3)9-19(18)37(34-22)16-5-7-17(8-6-16)38-20-12-32-35(4)23(20)25(26,27)28/h9-13,16-17H,5-8H2,1-4H3,(H,30,31)/t16-,17+. The molecule has 0 unspecified atom stereocenters. The van der Waals surface area contributed by atoms with Crippen LogP contribution in [0.3, 0.4) is 0 Å². The van der Waals surface area contributed by atoms with E-state index in [2.05, 4.69) is 26.6 Å². The minimum Gasteiger partial charge on any atom is -0.486 e. The molecule has 0 aromatic carbocycles. The largest absolute Gasteiger partial charge is 0.486 e. The number of halogens is 3. The van der Waals surface area contributed by atoms with Crippen molar-refractivity contribution in [3.8, 4) is 23.1 Å². The molecule has 1 saturated carbocycles. The Morgan fingerprint density at radius 3 is 2.50 bits per heavy atom. The van der Waals surface area contributed by atoms with E-state index >= 15 is 0 Å². The molecule has 1 fully saturated rings. The molecule has 0 atom stereocenters. The number of nitrogens with one attached hydrogen (secondary N) is 1. The highest BCUT2D eigenvalue weighted by Crippen LogP contribution is 2.39. The third-order valence-corrected chi connectivity index (χ3v) is 7.01. The predicted molar refractivity (Wildman–Crippen MR) is 133 cm³/mol. The molecule has 1 aliphatic carbocycles. The fourth-order valence-electron chi connectivity index (χ4n) is 4.88. The Hall–Kier alpha value is -4.08. The minimum atomic E-state index is -4.54. The number of fused-ring (bicyclic) bond motifs is 1. The lowest BCUT2D eigenvalue weighted by atomic mass is 9.93. The summed E-state index contributed by atoms with van der Waals surface area (Å²) in [4.78, 5) is 4.47. The quantitative estimate of drug-likeness (QED) is 0.379. The van der Waals surface area contributed by atoms with Crippen molar-refractivity contribution in [3.05, 3.63) is 36.5 Å². The van der Waals surface area contributed by atoms with Crippen molar-refractivity contribution >= 4 is 16.7 Å². The fourth-order valence-corrected chi connectivity index (χ4v) is 4.88. The van der Waals surface area contributed by atoms with E-state index in [1.807, 2.05) is 10.7 Å². The van der Waals surface area contributed by atoms with E-state index < -0.39 is 17.4 Å². The Morgan fingerprint density at radius 1 is 1.11 bits per heavy atom. The van der Waals surface area contributed by atoms with Crippen LogP contribution < -0.4 is 10.1 Å². The summed E-state index contributed by atoms with van der Waals surface area (Å²) >= 11 is 0. The van der Waals surface area contributed by atoms with E-state index in [1.165, 1.54) is 7.05 Å². The topological polar surface area (TPSA) is 111 Å². The molecule has 1 aliphatic rings. The number of hydrogen-bond donors (Lipinski definition) is 1. The van der Waals surface area contributed by atoms with E-state index in [0.29, 0.717) is 37.2 Å². The van der Waals surface area contributed by atoms with Crippen LogP contribution in [0.4, 0.5) is 19.0 Å². The lowest BCUT2D eigenvalue weighted by molar-refractivity contribution is -0.145. The second-order valence-corrected chi connectivity index (χ2v) is 10.0. The summed E-state index contributed by atoms with van der Waals surface area (Å²) in [5.41, 5.74) is 0.674. The van der Waals surface area contributed by atoms with Crippen LogP contribution in [0.2, 0.25) is 0 Å². The number of alkyl halides is 3. The maximum absolute atomic E-state index is 13.4. The Labute approximate surface area is 217 Å². The lowest BCUT2D eigenvalue weighted by Crippen LogP contribution is -2.27. The van der Waals surface area contributed by atoms with E-state index in [9.17, 15) is 18.4 Å². The summed E-state index contributed by atoms with van der Waals surface area (Å²) in [6, 6.07) is 4.20. The van der Waals surface area contributed by atoms with Gasteiger partial charge >= 0.3 is 6.18 Å². The molecule has 0 amide bonds. The van der Waals surface area contributed by atoms with Gasteiger partial charge in [0.05, 0.1) is 36.1 Å². The van der Waals surface area contributed by atoms with Gasteiger partial charge in [-0.15, -0.1) is 0 Å². The first-order valence-corrected chi connectivity index (χ1v) is 12.3. The number of pyridine rings is 1. The summed E-state index contributed by atoms with van der Waals surface area (Å²) in [5.74, 6) is 0.456. The minimum absolute atomic E-state index is 0.0276. The molecule has 4 heterocycles. The van der Waals surface area contributed by atoms with Gasteiger partial charge in [-0.2, -0.15) is 33.7 Å². The Kier molecular flexibility index (Phi) is 6.28. The molecule has 0 aliphatic heterocycles. The highest BCUT2D eigenvalue weighted by molar-refractivity contribution is 5.93. The van der Waals surface area contributed by atoms with Crippen molar-refractivity contribution in [1.82, 2.24) is 34.3 Å². The number of anilines is 1. The van der Waals surface area contributed by atoms with Crippen LogP contribution in [0.5, 0.6) is 5.75 Å². The van der Waals surface area contributed by atoms with Crippen molar-refractivity contribution in [2.24, 2.45) is 7.05 Å². The molecule has 1 N–H and O–H groups in total. The zero-order chi connectivity index (χ0) is 27.2. The Balaban J connectivity index is 1.41. The maximum atomic E-state index is 13.4. The maximum Gasteiger partial charge on any atom is 0.436 e. The number of hydrogen-bond acceptors (Lipinski definition) is 7. The molecular weight excluding hydrogens is 499 g/mol. The first-order chi connectivity index (χ1) is 18.0. The molecule has 38 heavy (non-hydrogen) atoms. The summed E-state index contributed by atoms with van der Waals surface area (Å²) < 4.78 is 50.5. The smallest absolute Gasteiger partial charge is 0.436 e. The van der Waals surface area contributed by atoms with Gasteiger partial charge in [0.15, 0.2) is 11.4 Å². The van der Waals surface area contributed by atoms with Crippen LogP contribution in [-0.2, 0) is 18.8 Å². The van der Waals surface area contributed by atoms with Crippen molar-refractivity contribution in [2.75, 3.05) is 12.4 Å². The van der Waals surface area contributed by atoms with Gasteiger partial charge in [-0.3, -0.25) is 14.0 Å². The van der Waals surface area contributed by atoms with Crippen LogP contribution in [0, 0.1) is 11.3 Å². The van der Waals surface area contributed by atoms with Gasteiger partial charge < -0.3 is 10.1 Å². The van der Waals surface area contributed by atoms with Crippen LogP contribution in [-0.4, -0.2) is 47.5 Å². The highest BCUT2D eigenvalue weighted by Gasteiger charge is 2.39. The molecule has 0 saturated heterocycles. The van der Waals surface area contributed by atoms with Crippen LogP contribution >= 0.6 is 0 Å². The van der Waals surface area contributed by atoms with Gasteiger partial charge in [0, 0.05) is 43.5 Å². The van der Waals surface area contributed by atoms with Crippen molar-refractivity contribution in [3.63, 3.8) is 0 Å². The Bertz CT molecular complexity index is 1500. The number of nitrogens with zero attached hydrogens (tertiary/aromatic N) is 8. The molecule has 5 rings (SSSR count). The number of rotatable bonds is 6. The number of aryl methyl sites for hydroxylation is 1. The molecule has 10 nitrogen and oxygen atoms in total. The first-order valence-electron chi connectivity index (χ1n) is 12.3. The molecule has 0 radical (unpaired) electrons. The predicted octanol–water partition coefficient (Wildman–Crippen LogP) is 4.91. The third-order valence-electron chi connectivity index (χ3n) is 7.01. The summed E-state index contributed by atoms with van der Waals surface area (Å²) in [6.07, 6.45) is 4.01. The summed E-state index contributed by atoms with van der Waals surface area (Å²) in [7, 11) is 3.05. The number of aromatic nitrogens is 7. The second kappa shape index (κ2) is 9.34. The van der Waals surface area contributed by atoms with Gasteiger partial charge in [-0.25, -0.2) is 4.98 Å². The van der Waals surface area contributed by atoms with E-state index in [4.69, 9.17) is 9.84 Å². The van der Waals surface area contributed by atoms with Gasteiger partial charge in [-0.05, 0) is 39.5 Å². The highest BCUT2D eigenvalue weighted by atomic mass is 19.4. The summed E-state index contributed by atoms with van der Waals surface area (Å²) in [5, 5.41) is 26.5. The molecule has 13 heteroatoms. The normalized spacial score (nSPS) is 18.5. The van der Waals surface area contributed by atoms with Crippen molar-refractivity contribution in [1.29, 1.82) is 5.26 Å². The van der Waals surface area contributed by atoms with Crippen molar-refractivity contribution in [2.45, 2.75) is 63.4 Å². The number of ether oxygens (including phenoxy) is 1. The second-order valence-electron chi connectivity index (χ2n) is 10.0. The molecule has 4 aromatic rings. The SMILES string of the molecule is CNc1cc2c(cn1)c(-c1cnn(C(C)(C)C#N)c1)nn2[C@H]1CC[C@@H](Oc2cnn(C)c2C(F)(F)F)CC1. The van der Waals surface area contributed by atoms with Gasteiger partial charge in [0.2, 0.25) is 0 Å². The lowest BCUT2D eigenvalue weighted by Gasteiger charge is -2.29. The number of nitriles is 1. The fraction of sp³-hybridized carbons (Fsp3) is 0.480. The zero-order valence-corrected chi connectivity index (χ0v) is 21.5. The first kappa shape index (κ1) is 25.6. The molecule has 200 valence electrons. The molecule has 4 aromatic heterocycles. The average Bonchev–Trinajstić information content (AvgIpc) is 3.61. The van der Waals surface area contributed by atoms with Crippen LogP contribution in [0.25, 0.3) is 22.2 Å². The zero-order valence-electron chi connectivity index (χ0n) is 21.5.